The lowest BCUT2D eigenvalue weighted by atomic mass is 10.0. The third-order valence-electron chi connectivity index (χ3n) is 4.03. The summed E-state index contributed by atoms with van der Waals surface area (Å²) in [4.78, 5) is 10.9. The zero-order chi connectivity index (χ0) is 20.5. The minimum absolute atomic E-state index is 0.190. The van der Waals surface area contributed by atoms with E-state index in [-0.39, 0.29) is 12.2 Å². The van der Waals surface area contributed by atoms with Crippen molar-refractivity contribution in [3.63, 3.8) is 0 Å². The van der Waals surface area contributed by atoms with Crippen molar-refractivity contribution in [3.8, 4) is 11.5 Å². The zero-order valence-electron chi connectivity index (χ0n) is 14.1. The van der Waals surface area contributed by atoms with Crippen LogP contribution in [0.2, 0.25) is 5.02 Å². The number of fused-ring (bicyclic) bond motifs is 1. The zero-order valence-corrected chi connectivity index (χ0v) is 15.6. The standard InChI is InChI=1S/C20H12Cl2F4O2/c21-16-9-14(20(24,25)26)10-17(23)19(16)28-15-5-4-12-3-1-11(2-6-18(22)27)7-13(12)8-15/h1,3-5,7-10H,2,6H2. The molecular weight excluding hydrogens is 419 g/mol. The van der Waals surface area contributed by atoms with Gasteiger partial charge in [-0.25, -0.2) is 4.39 Å². The largest absolute Gasteiger partial charge is 0.453 e. The van der Waals surface area contributed by atoms with Crippen molar-refractivity contribution < 1.29 is 27.1 Å². The van der Waals surface area contributed by atoms with Gasteiger partial charge < -0.3 is 4.74 Å². The molecule has 0 aromatic heterocycles. The number of carbonyl (C=O) groups is 1. The number of aryl methyl sites for hydroxylation is 1. The van der Waals surface area contributed by atoms with Crippen LogP contribution in [-0.4, -0.2) is 5.24 Å². The highest BCUT2D eigenvalue weighted by molar-refractivity contribution is 6.63. The van der Waals surface area contributed by atoms with Crippen LogP contribution in [0.4, 0.5) is 17.6 Å². The third-order valence-corrected chi connectivity index (χ3v) is 4.50. The number of rotatable bonds is 5. The Bertz CT molecular complexity index is 1030. The van der Waals surface area contributed by atoms with Crippen LogP contribution in [0.1, 0.15) is 17.5 Å². The highest BCUT2D eigenvalue weighted by Crippen LogP contribution is 2.39. The van der Waals surface area contributed by atoms with E-state index in [1.54, 1.807) is 18.2 Å². The predicted molar refractivity (Wildman–Crippen MR) is 99.6 cm³/mol. The number of ether oxygens (including phenoxy) is 1. The first-order valence-corrected chi connectivity index (χ1v) is 8.84. The Balaban J connectivity index is 1.91. The highest BCUT2D eigenvalue weighted by atomic mass is 35.5. The Morgan fingerprint density at radius 3 is 2.36 bits per heavy atom. The van der Waals surface area contributed by atoms with Crippen LogP contribution in [-0.2, 0) is 17.4 Å². The van der Waals surface area contributed by atoms with Gasteiger partial charge in [0.05, 0.1) is 10.6 Å². The number of hydrogen-bond acceptors (Lipinski definition) is 2. The molecule has 0 radical (unpaired) electrons. The molecule has 0 aliphatic carbocycles. The van der Waals surface area contributed by atoms with Gasteiger partial charge in [-0.1, -0.05) is 35.9 Å². The molecule has 3 aromatic carbocycles. The van der Waals surface area contributed by atoms with Crippen molar-refractivity contribution in [2.45, 2.75) is 19.0 Å². The monoisotopic (exact) mass is 430 g/mol. The molecular formula is C20H12Cl2F4O2. The lowest BCUT2D eigenvalue weighted by Crippen LogP contribution is -2.06. The maximum atomic E-state index is 14.1. The Hall–Kier alpha value is -2.31. The minimum atomic E-state index is -4.72. The summed E-state index contributed by atoms with van der Waals surface area (Å²) in [7, 11) is 0. The van der Waals surface area contributed by atoms with Crippen LogP contribution in [0.5, 0.6) is 11.5 Å². The maximum Gasteiger partial charge on any atom is 0.416 e. The molecule has 8 heteroatoms. The summed E-state index contributed by atoms with van der Waals surface area (Å²) < 4.78 is 57.7. The van der Waals surface area contributed by atoms with Gasteiger partial charge in [-0.05, 0) is 58.6 Å². The van der Waals surface area contributed by atoms with E-state index in [1.807, 2.05) is 18.2 Å². The number of alkyl halides is 3. The molecule has 0 saturated heterocycles. The second kappa shape index (κ2) is 7.97. The summed E-state index contributed by atoms with van der Waals surface area (Å²) in [5.41, 5.74) is -0.322. The smallest absolute Gasteiger partial charge is 0.416 e. The number of hydrogen-bond donors (Lipinski definition) is 0. The highest BCUT2D eigenvalue weighted by Gasteiger charge is 2.32. The third kappa shape index (κ3) is 4.75. The molecule has 0 saturated carbocycles. The second-order valence-corrected chi connectivity index (χ2v) is 6.90. The fourth-order valence-corrected chi connectivity index (χ4v) is 3.02. The number of halogens is 6. The molecule has 0 spiro atoms. The van der Waals surface area contributed by atoms with Crippen LogP contribution in [0.3, 0.4) is 0 Å². The van der Waals surface area contributed by atoms with Gasteiger partial charge in [0.25, 0.3) is 0 Å². The van der Waals surface area contributed by atoms with Crippen LogP contribution in [0, 0.1) is 5.82 Å². The first-order chi connectivity index (χ1) is 13.1. The van der Waals surface area contributed by atoms with E-state index in [4.69, 9.17) is 27.9 Å². The normalized spacial score (nSPS) is 11.6. The van der Waals surface area contributed by atoms with Gasteiger partial charge in [0.15, 0.2) is 11.6 Å². The molecule has 2 nitrogen and oxygen atoms in total. The van der Waals surface area contributed by atoms with Crippen molar-refractivity contribution in [1.29, 1.82) is 0 Å². The molecule has 0 N–H and O–H groups in total. The molecule has 0 fully saturated rings. The van der Waals surface area contributed by atoms with Gasteiger partial charge in [-0.2, -0.15) is 13.2 Å². The Morgan fingerprint density at radius 2 is 1.71 bits per heavy atom. The molecule has 3 rings (SSSR count). The van der Waals surface area contributed by atoms with E-state index < -0.39 is 33.6 Å². The van der Waals surface area contributed by atoms with E-state index in [0.717, 1.165) is 16.3 Å². The van der Waals surface area contributed by atoms with E-state index in [9.17, 15) is 22.4 Å². The van der Waals surface area contributed by atoms with Gasteiger partial charge in [-0.15, -0.1) is 0 Å². The van der Waals surface area contributed by atoms with Gasteiger partial charge in [0.1, 0.15) is 5.75 Å². The molecule has 0 aliphatic rings. The van der Waals surface area contributed by atoms with Gasteiger partial charge in [0, 0.05) is 6.42 Å². The average Bonchev–Trinajstić information content (AvgIpc) is 2.61. The Kier molecular flexibility index (Phi) is 5.82. The molecule has 3 aromatic rings. The van der Waals surface area contributed by atoms with E-state index in [1.165, 1.54) is 0 Å². The Morgan fingerprint density at radius 1 is 1.00 bits per heavy atom. The predicted octanol–water partition coefficient (Wildman–Crippen LogP) is 7.14. The number of benzene rings is 3. The second-order valence-electron chi connectivity index (χ2n) is 6.07. The fraction of sp³-hybridized carbons (Fsp3) is 0.150. The molecule has 0 aliphatic heterocycles. The fourth-order valence-electron chi connectivity index (χ4n) is 2.67. The topological polar surface area (TPSA) is 26.3 Å². The molecule has 0 bridgehead atoms. The molecule has 0 heterocycles. The summed E-state index contributed by atoms with van der Waals surface area (Å²) in [6, 6.07) is 11.4. The van der Waals surface area contributed by atoms with Gasteiger partial charge in [-0.3, -0.25) is 4.79 Å². The van der Waals surface area contributed by atoms with E-state index >= 15 is 0 Å². The summed E-state index contributed by atoms with van der Waals surface area (Å²) in [6.07, 6.45) is -4.06. The lowest BCUT2D eigenvalue weighted by Gasteiger charge is -2.13. The molecule has 0 atom stereocenters. The van der Waals surface area contributed by atoms with Crippen molar-refractivity contribution in [2.24, 2.45) is 0 Å². The summed E-state index contributed by atoms with van der Waals surface area (Å²) in [6.45, 7) is 0. The quantitative estimate of drug-likeness (QED) is 0.317. The maximum absolute atomic E-state index is 14.1. The van der Waals surface area contributed by atoms with Crippen molar-refractivity contribution in [2.75, 3.05) is 0 Å². The van der Waals surface area contributed by atoms with Crippen molar-refractivity contribution in [1.82, 2.24) is 0 Å². The van der Waals surface area contributed by atoms with Crippen LogP contribution in [0.15, 0.2) is 48.5 Å². The Labute approximate surface area is 167 Å². The van der Waals surface area contributed by atoms with Gasteiger partial charge >= 0.3 is 6.18 Å². The molecule has 0 unspecified atom stereocenters. The average molecular weight is 431 g/mol. The minimum Gasteiger partial charge on any atom is -0.453 e. The van der Waals surface area contributed by atoms with Crippen LogP contribution >= 0.6 is 23.2 Å². The van der Waals surface area contributed by atoms with Crippen molar-refractivity contribution in [3.05, 3.63) is 70.5 Å². The first kappa shape index (κ1) is 20.4. The summed E-state index contributed by atoms with van der Waals surface area (Å²) in [5.74, 6) is -1.49. The molecule has 28 heavy (non-hydrogen) atoms. The van der Waals surface area contributed by atoms with Crippen LogP contribution < -0.4 is 4.74 Å². The lowest BCUT2D eigenvalue weighted by molar-refractivity contribution is -0.137. The van der Waals surface area contributed by atoms with Crippen LogP contribution in [0.25, 0.3) is 10.8 Å². The summed E-state index contributed by atoms with van der Waals surface area (Å²) in [5, 5.41) is 0.694. The van der Waals surface area contributed by atoms with Gasteiger partial charge in [0.2, 0.25) is 5.24 Å². The van der Waals surface area contributed by atoms with Crippen molar-refractivity contribution >= 4 is 39.2 Å². The molecule has 0 amide bonds. The van der Waals surface area contributed by atoms with E-state index in [2.05, 4.69) is 0 Å². The number of carbonyl (C=O) groups excluding carboxylic acids is 1. The first-order valence-electron chi connectivity index (χ1n) is 8.08. The van der Waals surface area contributed by atoms with E-state index in [0.29, 0.717) is 18.6 Å². The SMILES string of the molecule is O=C(Cl)CCc1ccc2ccc(Oc3c(F)cc(C(F)(F)F)cc3Cl)cc2c1. The molecule has 146 valence electrons. The summed E-state index contributed by atoms with van der Waals surface area (Å²) >= 11 is 11.1.